The SMILES string of the molecule is CC1CC(Nc2cc(NN)nc(C(C)(C)C)n2)CCO1. The van der Waals surface area contributed by atoms with E-state index in [1.165, 1.54) is 0 Å². The van der Waals surface area contributed by atoms with Crippen LogP contribution in [0.3, 0.4) is 0 Å². The number of hydrazine groups is 1. The summed E-state index contributed by atoms with van der Waals surface area (Å²) in [6, 6.07) is 2.22. The van der Waals surface area contributed by atoms with E-state index < -0.39 is 0 Å². The Morgan fingerprint density at radius 2 is 2.00 bits per heavy atom. The van der Waals surface area contributed by atoms with Crippen LogP contribution < -0.4 is 16.6 Å². The van der Waals surface area contributed by atoms with Gasteiger partial charge in [0.15, 0.2) is 0 Å². The third-order valence-corrected chi connectivity index (χ3v) is 3.38. The van der Waals surface area contributed by atoms with Crippen molar-refractivity contribution in [1.29, 1.82) is 0 Å². The molecule has 0 radical (unpaired) electrons. The first-order valence-electron chi connectivity index (χ1n) is 7.13. The second-order valence-corrected chi connectivity index (χ2v) is 6.40. The number of hydrogen-bond acceptors (Lipinski definition) is 6. The highest BCUT2D eigenvalue weighted by Gasteiger charge is 2.22. The first-order valence-corrected chi connectivity index (χ1v) is 7.13. The average molecular weight is 279 g/mol. The number of aromatic nitrogens is 2. The fraction of sp³-hybridized carbons (Fsp3) is 0.714. The fourth-order valence-corrected chi connectivity index (χ4v) is 2.27. The van der Waals surface area contributed by atoms with Crippen LogP contribution in [-0.4, -0.2) is 28.7 Å². The number of nitrogens with one attached hydrogen (secondary N) is 2. The van der Waals surface area contributed by atoms with Gasteiger partial charge in [-0.15, -0.1) is 0 Å². The van der Waals surface area contributed by atoms with E-state index >= 15 is 0 Å². The molecule has 1 aromatic heterocycles. The second kappa shape index (κ2) is 5.93. The summed E-state index contributed by atoms with van der Waals surface area (Å²) in [5.74, 6) is 7.72. The minimum absolute atomic E-state index is 0.119. The number of anilines is 2. The van der Waals surface area contributed by atoms with Gasteiger partial charge in [0.2, 0.25) is 0 Å². The molecule has 4 N–H and O–H groups in total. The van der Waals surface area contributed by atoms with Gasteiger partial charge in [-0.3, -0.25) is 0 Å². The number of nitrogens with zero attached hydrogens (tertiary/aromatic N) is 2. The minimum Gasteiger partial charge on any atom is -0.378 e. The summed E-state index contributed by atoms with van der Waals surface area (Å²) in [5.41, 5.74) is 2.49. The Kier molecular flexibility index (Phi) is 4.45. The summed E-state index contributed by atoms with van der Waals surface area (Å²) in [5, 5.41) is 3.47. The zero-order valence-corrected chi connectivity index (χ0v) is 12.7. The molecular weight excluding hydrogens is 254 g/mol. The molecule has 0 spiro atoms. The van der Waals surface area contributed by atoms with Gasteiger partial charge < -0.3 is 15.5 Å². The Balaban J connectivity index is 2.18. The lowest BCUT2D eigenvalue weighted by Gasteiger charge is -2.29. The predicted octanol–water partition coefficient (Wildman–Crippen LogP) is 2.04. The monoisotopic (exact) mass is 279 g/mol. The molecule has 1 aliphatic heterocycles. The van der Waals surface area contributed by atoms with E-state index in [1.807, 2.05) is 6.07 Å². The van der Waals surface area contributed by atoms with Crippen molar-refractivity contribution in [1.82, 2.24) is 9.97 Å². The van der Waals surface area contributed by atoms with E-state index in [1.54, 1.807) is 0 Å². The van der Waals surface area contributed by atoms with E-state index in [-0.39, 0.29) is 11.5 Å². The van der Waals surface area contributed by atoms with E-state index in [9.17, 15) is 0 Å². The fourth-order valence-electron chi connectivity index (χ4n) is 2.27. The molecule has 6 nitrogen and oxygen atoms in total. The molecule has 0 amide bonds. The molecule has 2 heterocycles. The van der Waals surface area contributed by atoms with Gasteiger partial charge in [-0.1, -0.05) is 20.8 Å². The van der Waals surface area contributed by atoms with Gasteiger partial charge in [0.1, 0.15) is 17.5 Å². The molecule has 0 aliphatic carbocycles. The van der Waals surface area contributed by atoms with Crippen molar-refractivity contribution in [2.75, 3.05) is 17.3 Å². The Labute approximate surface area is 120 Å². The Bertz CT molecular complexity index is 457. The predicted molar refractivity (Wildman–Crippen MR) is 80.6 cm³/mol. The van der Waals surface area contributed by atoms with Crippen molar-refractivity contribution in [3.05, 3.63) is 11.9 Å². The topological polar surface area (TPSA) is 85.1 Å². The molecule has 0 saturated carbocycles. The van der Waals surface area contributed by atoms with Crippen molar-refractivity contribution >= 4 is 11.6 Å². The molecule has 2 rings (SSSR count). The van der Waals surface area contributed by atoms with Gasteiger partial charge in [0, 0.05) is 24.1 Å². The van der Waals surface area contributed by atoms with Crippen LogP contribution >= 0.6 is 0 Å². The first kappa shape index (κ1) is 15.0. The van der Waals surface area contributed by atoms with Gasteiger partial charge in [0.25, 0.3) is 0 Å². The summed E-state index contributed by atoms with van der Waals surface area (Å²) in [7, 11) is 0. The second-order valence-electron chi connectivity index (χ2n) is 6.40. The molecule has 1 aliphatic rings. The van der Waals surface area contributed by atoms with Crippen molar-refractivity contribution < 1.29 is 4.74 Å². The molecule has 1 fully saturated rings. The largest absolute Gasteiger partial charge is 0.378 e. The van der Waals surface area contributed by atoms with Crippen LogP contribution in [-0.2, 0) is 10.2 Å². The summed E-state index contributed by atoms with van der Waals surface area (Å²) < 4.78 is 5.56. The number of nitrogens with two attached hydrogens (primary N) is 1. The lowest BCUT2D eigenvalue weighted by molar-refractivity contribution is 0.0231. The average Bonchev–Trinajstić information content (AvgIpc) is 2.37. The summed E-state index contributed by atoms with van der Waals surface area (Å²) in [4.78, 5) is 9.03. The zero-order chi connectivity index (χ0) is 14.8. The maximum Gasteiger partial charge on any atom is 0.145 e. The van der Waals surface area contributed by atoms with Crippen LogP contribution in [0.4, 0.5) is 11.6 Å². The van der Waals surface area contributed by atoms with E-state index in [0.29, 0.717) is 11.9 Å². The maximum atomic E-state index is 5.56. The van der Waals surface area contributed by atoms with Crippen LogP contribution in [0.1, 0.15) is 46.4 Å². The molecule has 112 valence electrons. The van der Waals surface area contributed by atoms with E-state index in [0.717, 1.165) is 31.1 Å². The quantitative estimate of drug-likeness (QED) is 0.580. The molecule has 1 aromatic rings. The normalized spacial score (nSPS) is 23.4. The number of rotatable bonds is 3. The van der Waals surface area contributed by atoms with Gasteiger partial charge in [-0.05, 0) is 19.8 Å². The molecule has 1 saturated heterocycles. The minimum atomic E-state index is -0.119. The first-order chi connectivity index (χ1) is 9.38. The summed E-state index contributed by atoms with van der Waals surface area (Å²) in [6.07, 6.45) is 2.27. The Morgan fingerprint density at radius 1 is 1.30 bits per heavy atom. The van der Waals surface area contributed by atoms with Gasteiger partial charge >= 0.3 is 0 Å². The van der Waals surface area contributed by atoms with Crippen molar-refractivity contribution in [2.24, 2.45) is 5.84 Å². The van der Waals surface area contributed by atoms with Crippen LogP contribution in [0.15, 0.2) is 6.07 Å². The van der Waals surface area contributed by atoms with Crippen molar-refractivity contribution in [3.63, 3.8) is 0 Å². The molecule has 6 heteroatoms. The van der Waals surface area contributed by atoms with Crippen molar-refractivity contribution in [2.45, 2.75) is 58.1 Å². The molecule has 20 heavy (non-hydrogen) atoms. The Hall–Kier alpha value is -1.40. The third kappa shape index (κ3) is 3.80. The van der Waals surface area contributed by atoms with Crippen molar-refractivity contribution in [3.8, 4) is 0 Å². The lowest BCUT2D eigenvalue weighted by atomic mass is 9.95. The van der Waals surface area contributed by atoms with Gasteiger partial charge in [-0.2, -0.15) is 0 Å². The third-order valence-electron chi connectivity index (χ3n) is 3.38. The molecule has 2 atom stereocenters. The highest BCUT2D eigenvalue weighted by atomic mass is 16.5. The molecular formula is C14H25N5O. The van der Waals surface area contributed by atoms with Gasteiger partial charge in [0.05, 0.1) is 6.10 Å². The lowest BCUT2D eigenvalue weighted by Crippen LogP contribution is -2.33. The van der Waals surface area contributed by atoms with Crippen LogP contribution in [0.2, 0.25) is 0 Å². The van der Waals surface area contributed by atoms with Crippen LogP contribution in [0, 0.1) is 0 Å². The highest BCUT2D eigenvalue weighted by molar-refractivity contribution is 5.48. The van der Waals surface area contributed by atoms with E-state index in [2.05, 4.69) is 48.4 Å². The summed E-state index contributed by atoms with van der Waals surface area (Å²) in [6.45, 7) is 9.15. The number of ether oxygens (including phenoxy) is 1. The highest BCUT2D eigenvalue weighted by Crippen LogP contribution is 2.24. The zero-order valence-electron chi connectivity index (χ0n) is 12.7. The molecule has 0 aromatic carbocycles. The molecule has 0 bridgehead atoms. The molecule has 2 unspecified atom stereocenters. The smallest absolute Gasteiger partial charge is 0.145 e. The Morgan fingerprint density at radius 3 is 2.60 bits per heavy atom. The van der Waals surface area contributed by atoms with Crippen LogP contribution in [0.5, 0.6) is 0 Å². The number of hydrogen-bond donors (Lipinski definition) is 3. The standard InChI is InChI=1S/C14H25N5O/c1-9-7-10(5-6-20-9)16-11-8-12(19-15)18-13(17-11)14(2,3)4/h8-10H,5-7,15H2,1-4H3,(H2,16,17,18,19). The van der Waals surface area contributed by atoms with E-state index in [4.69, 9.17) is 10.6 Å². The number of nitrogen functional groups attached to an aromatic ring is 1. The van der Waals surface area contributed by atoms with Crippen LogP contribution in [0.25, 0.3) is 0 Å². The summed E-state index contributed by atoms with van der Waals surface area (Å²) >= 11 is 0. The van der Waals surface area contributed by atoms with Gasteiger partial charge in [-0.25, -0.2) is 15.8 Å². The maximum absolute atomic E-state index is 5.56.